The van der Waals surface area contributed by atoms with Crippen LogP contribution in [0.1, 0.15) is 19.3 Å². The summed E-state index contributed by atoms with van der Waals surface area (Å²) in [5, 5.41) is 26.8. The van der Waals surface area contributed by atoms with Crippen molar-refractivity contribution >= 4 is 5.97 Å². The minimum atomic E-state index is -1.55. The number of nitrogens with two attached hydrogens (primary N) is 1. The van der Waals surface area contributed by atoms with Gasteiger partial charge in [0, 0.05) is 6.42 Å². The number of hydrogen-bond donors (Lipinski definition) is 4. The van der Waals surface area contributed by atoms with Gasteiger partial charge in [-0.2, -0.15) is 0 Å². The molecule has 0 saturated heterocycles. The highest BCUT2D eigenvalue weighted by atomic mass is 16.8. The Morgan fingerprint density at radius 1 is 1.75 bits per heavy atom. The van der Waals surface area contributed by atoms with Gasteiger partial charge in [0.25, 0.3) is 0 Å². The molecule has 1 rings (SSSR count). The molecule has 0 spiro atoms. The van der Waals surface area contributed by atoms with E-state index >= 15 is 0 Å². The summed E-state index contributed by atoms with van der Waals surface area (Å²) in [5.74, 6) is -1.22. The molecule has 1 saturated carbocycles. The number of aliphatic carboxylic acids is 1. The average Bonchev–Trinajstić information content (AvgIpc) is 2.32. The molecule has 70 valence electrons. The first kappa shape index (κ1) is 9.40. The Hall–Kier alpha value is -0.690. The van der Waals surface area contributed by atoms with E-state index in [0.29, 0.717) is 12.8 Å². The number of carboxylic acids is 1. The van der Waals surface area contributed by atoms with Crippen LogP contribution in [-0.4, -0.2) is 27.9 Å². The number of quaternary nitrogens is 1. The van der Waals surface area contributed by atoms with Crippen molar-refractivity contribution in [3.63, 3.8) is 0 Å². The number of carboxylic acid groups (broad SMARTS) is 1. The van der Waals surface area contributed by atoms with Crippen molar-refractivity contribution in [3.8, 4) is 0 Å². The molecule has 0 aliphatic heterocycles. The molecule has 1 aliphatic carbocycles. The van der Waals surface area contributed by atoms with E-state index in [1.165, 1.54) is 0 Å². The van der Waals surface area contributed by atoms with Gasteiger partial charge in [-0.1, -0.05) is 0 Å². The van der Waals surface area contributed by atoms with Crippen LogP contribution in [0.15, 0.2) is 0 Å². The van der Waals surface area contributed by atoms with E-state index in [4.69, 9.17) is 16.0 Å². The van der Waals surface area contributed by atoms with Gasteiger partial charge in [0.15, 0.2) is 5.54 Å². The number of nitrogens with one attached hydrogen (secondary N) is 1. The fraction of sp³-hybridized carbons (Fsp3) is 0.833. The molecular formula is C6H12N2O4. The maximum absolute atomic E-state index is 10.6. The van der Waals surface area contributed by atoms with Gasteiger partial charge in [-0.25, -0.2) is 15.2 Å². The van der Waals surface area contributed by atoms with E-state index in [0.717, 1.165) is 0 Å². The van der Waals surface area contributed by atoms with Crippen LogP contribution in [-0.2, 0) is 4.79 Å². The maximum Gasteiger partial charge on any atom is 0.330 e. The van der Waals surface area contributed by atoms with E-state index in [1.54, 1.807) is 0 Å². The van der Waals surface area contributed by atoms with Crippen LogP contribution in [0, 0.1) is 5.21 Å². The molecule has 0 amide bonds. The zero-order chi connectivity index (χ0) is 9.35. The fourth-order valence-electron chi connectivity index (χ4n) is 1.63. The normalized spacial score (nSPS) is 38.1. The zero-order valence-electron chi connectivity index (χ0n) is 6.49. The van der Waals surface area contributed by atoms with Crippen LogP contribution < -0.4 is 11.0 Å². The first-order chi connectivity index (χ1) is 5.48. The first-order valence-electron chi connectivity index (χ1n) is 3.73. The third-order valence-electron chi connectivity index (χ3n) is 2.40. The second kappa shape index (κ2) is 2.98. The van der Waals surface area contributed by atoms with Crippen molar-refractivity contribution in [1.29, 1.82) is 0 Å². The number of carbonyl (C=O) groups is 1. The lowest BCUT2D eigenvalue weighted by molar-refractivity contribution is -1.07. The molecule has 3 atom stereocenters. The molecule has 0 aromatic carbocycles. The van der Waals surface area contributed by atoms with E-state index in [1.807, 2.05) is 0 Å². The van der Waals surface area contributed by atoms with Crippen molar-refractivity contribution in [2.24, 2.45) is 5.73 Å². The molecule has 0 radical (unpaired) electrons. The lowest BCUT2D eigenvalue weighted by Crippen LogP contribution is -3.12. The number of rotatable bonds is 2. The first-order valence-corrected chi connectivity index (χ1v) is 3.73. The van der Waals surface area contributed by atoms with Gasteiger partial charge in [0.1, 0.15) is 6.04 Å². The molecule has 5 N–H and O–H groups in total. The van der Waals surface area contributed by atoms with Crippen LogP contribution in [0.25, 0.3) is 0 Å². The van der Waals surface area contributed by atoms with E-state index < -0.39 is 22.8 Å². The van der Waals surface area contributed by atoms with Crippen LogP contribution in [0.3, 0.4) is 0 Å². The lowest BCUT2D eigenvalue weighted by atomic mass is 9.95. The maximum atomic E-state index is 10.6. The topological polar surface area (TPSA) is 111 Å². The zero-order valence-corrected chi connectivity index (χ0v) is 6.49. The Morgan fingerprint density at radius 3 is 2.67 bits per heavy atom. The third-order valence-corrected chi connectivity index (χ3v) is 2.40. The van der Waals surface area contributed by atoms with E-state index in [-0.39, 0.29) is 6.42 Å². The molecule has 0 aromatic heterocycles. The van der Waals surface area contributed by atoms with Gasteiger partial charge in [0.05, 0.1) is 0 Å². The summed E-state index contributed by atoms with van der Waals surface area (Å²) in [4.78, 5) is 10.6. The van der Waals surface area contributed by atoms with Crippen molar-refractivity contribution in [3.05, 3.63) is 5.21 Å². The molecule has 6 heteroatoms. The molecule has 6 nitrogen and oxygen atoms in total. The van der Waals surface area contributed by atoms with E-state index in [9.17, 15) is 10.0 Å². The highest BCUT2D eigenvalue weighted by Gasteiger charge is 2.50. The van der Waals surface area contributed by atoms with E-state index in [2.05, 4.69) is 0 Å². The summed E-state index contributed by atoms with van der Waals surface area (Å²) >= 11 is 0. The molecular weight excluding hydrogens is 164 g/mol. The van der Waals surface area contributed by atoms with Crippen molar-refractivity contribution < 1.29 is 20.3 Å². The summed E-state index contributed by atoms with van der Waals surface area (Å²) < 4.78 is 0. The minimum absolute atomic E-state index is 0.249. The summed E-state index contributed by atoms with van der Waals surface area (Å²) in [5.41, 5.74) is 3.92. The number of hydroxylamine groups is 2. The Balaban J connectivity index is 2.81. The molecule has 0 heterocycles. The summed E-state index contributed by atoms with van der Waals surface area (Å²) in [6.45, 7) is 0. The summed E-state index contributed by atoms with van der Waals surface area (Å²) in [6.07, 6.45) is 1.18. The molecule has 1 fully saturated rings. The molecule has 1 unspecified atom stereocenters. The smallest absolute Gasteiger partial charge is 0.330 e. The molecule has 0 aromatic rings. The predicted octanol–water partition coefficient (Wildman–Crippen LogP) is -1.91. The Kier molecular flexibility index (Phi) is 2.34. The van der Waals surface area contributed by atoms with Gasteiger partial charge in [-0.05, 0) is 12.8 Å². The van der Waals surface area contributed by atoms with Crippen LogP contribution in [0.2, 0.25) is 0 Å². The quantitative estimate of drug-likeness (QED) is 0.367. The lowest BCUT2D eigenvalue weighted by Gasteiger charge is -2.30. The van der Waals surface area contributed by atoms with Crippen LogP contribution in [0.5, 0.6) is 0 Å². The van der Waals surface area contributed by atoms with Crippen molar-refractivity contribution in [2.45, 2.75) is 30.8 Å². The highest BCUT2D eigenvalue weighted by Crippen LogP contribution is 2.26. The largest absolute Gasteiger partial charge is 0.600 e. The standard InChI is InChI=1S/C6H12N2O4/c7-6(5(9)10)3-1-2-4(6)8(11)12/h4,8,11H,1-3,7H2,(H,9,10)/t4-,6+/m0/s1. The molecule has 0 bridgehead atoms. The minimum Gasteiger partial charge on any atom is -0.600 e. The SMILES string of the molecule is N[C@]1(C(=O)O)CCC[C@@H]1[NH+]([O-])O. The van der Waals surface area contributed by atoms with Crippen molar-refractivity contribution in [1.82, 2.24) is 0 Å². The van der Waals surface area contributed by atoms with Gasteiger partial charge >= 0.3 is 5.97 Å². The van der Waals surface area contributed by atoms with Gasteiger partial charge in [0.2, 0.25) is 0 Å². The summed E-state index contributed by atoms with van der Waals surface area (Å²) in [7, 11) is 0. The Bertz CT molecular complexity index is 196. The Morgan fingerprint density at radius 2 is 2.33 bits per heavy atom. The molecule has 12 heavy (non-hydrogen) atoms. The monoisotopic (exact) mass is 176 g/mol. The van der Waals surface area contributed by atoms with Gasteiger partial charge in [-0.15, -0.1) is 0 Å². The second-order valence-corrected chi connectivity index (χ2v) is 3.13. The predicted molar refractivity (Wildman–Crippen MR) is 38.3 cm³/mol. The highest BCUT2D eigenvalue weighted by molar-refractivity contribution is 5.79. The second-order valence-electron chi connectivity index (χ2n) is 3.13. The van der Waals surface area contributed by atoms with Crippen LogP contribution in [0.4, 0.5) is 0 Å². The fourth-order valence-corrected chi connectivity index (χ4v) is 1.63. The summed E-state index contributed by atoms with van der Waals surface area (Å²) in [6, 6.07) is -0.935. The van der Waals surface area contributed by atoms with Crippen molar-refractivity contribution in [2.75, 3.05) is 0 Å². The van der Waals surface area contributed by atoms with Crippen LogP contribution >= 0.6 is 0 Å². The van der Waals surface area contributed by atoms with Gasteiger partial charge < -0.3 is 16.0 Å². The van der Waals surface area contributed by atoms with Gasteiger partial charge in [-0.3, -0.25) is 0 Å². The number of hydrogen-bond acceptors (Lipinski definition) is 4. The third kappa shape index (κ3) is 1.29. The Labute approximate surface area is 69.1 Å². The average molecular weight is 176 g/mol. The molecule has 1 aliphatic rings.